The molecule has 7 heteroatoms. The summed E-state index contributed by atoms with van der Waals surface area (Å²) >= 11 is 1.16. The van der Waals surface area contributed by atoms with Gasteiger partial charge in [-0.05, 0) is 41.1 Å². The van der Waals surface area contributed by atoms with Crippen molar-refractivity contribution in [3.05, 3.63) is 70.3 Å². The molecule has 4 rings (SSSR count). The summed E-state index contributed by atoms with van der Waals surface area (Å²) in [7, 11) is -3.60. The van der Waals surface area contributed by atoms with Crippen LogP contribution in [0.1, 0.15) is 0 Å². The van der Waals surface area contributed by atoms with Crippen LogP contribution in [0, 0.1) is 0 Å². The molecule has 0 spiro atoms. The van der Waals surface area contributed by atoms with Crippen LogP contribution in [0.25, 0.3) is 21.7 Å². The molecule has 2 heterocycles. The summed E-state index contributed by atoms with van der Waals surface area (Å²) in [5.41, 5.74) is 0.955. The molecule has 2 aromatic carbocycles. The maximum Gasteiger partial charge on any atom is 0.271 e. The molecule has 4 aromatic rings. The molecule has 0 amide bonds. The molecule has 24 heavy (non-hydrogen) atoms. The van der Waals surface area contributed by atoms with Crippen LogP contribution in [0.15, 0.2) is 69.0 Å². The van der Waals surface area contributed by atoms with Crippen molar-refractivity contribution in [3.8, 4) is 0 Å². The van der Waals surface area contributed by atoms with E-state index in [0.717, 1.165) is 22.1 Å². The fraction of sp³-hybridized carbons (Fsp3) is 0. The minimum atomic E-state index is -3.60. The number of fused-ring (bicyclic) bond motifs is 3. The number of hydrogen-bond donors (Lipinski definition) is 2. The molecule has 0 aliphatic heterocycles. The number of H-pyrrole nitrogens is 1. The minimum Gasteiger partial charge on any atom is -0.321 e. The van der Waals surface area contributed by atoms with E-state index in [1.165, 1.54) is 0 Å². The van der Waals surface area contributed by atoms with Crippen molar-refractivity contribution >= 4 is 48.7 Å². The van der Waals surface area contributed by atoms with Gasteiger partial charge in [0, 0.05) is 22.0 Å². The Kier molecular flexibility index (Phi) is 3.40. The van der Waals surface area contributed by atoms with Gasteiger partial charge >= 0.3 is 0 Å². The molecule has 5 nitrogen and oxygen atoms in total. The highest BCUT2D eigenvalue weighted by atomic mass is 32.2. The average molecular weight is 356 g/mol. The summed E-state index contributed by atoms with van der Waals surface area (Å²) in [5.74, 6) is 0. The molecule has 0 atom stereocenters. The number of rotatable bonds is 3. The van der Waals surface area contributed by atoms with Gasteiger partial charge < -0.3 is 4.98 Å². The Morgan fingerprint density at radius 2 is 1.71 bits per heavy atom. The Morgan fingerprint density at radius 3 is 2.46 bits per heavy atom. The molecule has 0 unspecified atom stereocenters. The third-order valence-electron chi connectivity index (χ3n) is 3.74. The molecule has 0 saturated heterocycles. The summed E-state index contributed by atoms with van der Waals surface area (Å²) in [6.07, 6.45) is 0. The zero-order chi connectivity index (χ0) is 16.7. The van der Waals surface area contributed by atoms with E-state index in [1.807, 2.05) is 12.1 Å². The lowest BCUT2D eigenvalue weighted by Gasteiger charge is -2.09. The number of aromatic nitrogens is 1. The quantitative estimate of drug-likeness (QED) is 0.551. The van der Waals surface area contributed by atoms with Gasteiger partial charge in [0.1, 0.15) is 4.21 Å². The fourth-order valence-corrected chi connectivity index (χ4v) is 4.71. The number of benzene rings is 2. The summed E-state index contributed by atoms with van der Waals surface area (Å²) in [6, 6.07) is 15.6. The predicted molar refractivity (Wildman–Crippen MR) is 97.2 cm³/mol. The van der Waals surface area contributed by atoms with Gasteiger partial charge in [0.15, 0.2) is 0 Å². The van der Waals surface area contributed by atoms with E-state index in [-0.39, 0.29) is 9.77 Å². The summed E-state index contributed by atoms with van der Waals surface area (Å²) < 4.78 is 27.6. The van der Waals surface area contributed by atoms with E-state index in [9.17, 15) is 13.2 Å². The molecule has 2 aromatic heterocycles. The van der Waals surface area contributed by atoms with Gasteiger partial charge in [0.05, 0.1) is 0 Å². The lowest BCUT2D eigenvalue weighted by atomic mass is 10.1. The van der Waals surface area contributed by atoms with Gasteiger partial charge in [0.25, 0.3) is 15.6 Å². The number of pyridine rings is 1. The number of thiophene rings is 1. The maximum absolute atomic E-state index is 12.4. The number of sulfonamides is 1. The highest BCUT2D eigenvalue weighted by Crippen LogP contribution is 2.26. The van der Waals surface area contributed by atoms with Crippen molar-refractivity contribution in [1.82, 2.24) is 4.98 Å². The molecular formula is C17H12N2O3S2. The molecule has 0 saturated carbocycles. The number of aromatic amines is 1. The second kappa shape index (κ2) is 5.47. The molecule has 0 aliphatic carbocycles. The Morgan fingerprint density at radius 1 is 0.917 bits per heavy atom. The number of hydrogen-bond acceptors (Lipinski definition) is 4. The highest BCUT2D eigenvalue weighted by Gasteiger charge is 2.15. The molecule has 2 N–H and O–H groups in total. The molecular weight excluding hydrogens is 344 g/mol. The van der Waals surface area contributed by atoms with E-state index < -0.39 is 10.0 Å². The predicted octanol–water partition coefficient (Wildman–Crippen LogP) is 3.54. The number of nitrogens with one attached hydrogen (secondary N) is 2. The van der Waals surface area contributed by atoms with Crippen molar-refractivity contribution < 1.29 is 8.42 Å². The lowest BCUT2D eigenvalue weighted by Crippen LogP contribution is -2.11. The van der Waals surface area contributed by atoms with Crippen LogP contribution in [-0.4, -0.2) is 13.4 Å². The Hall–Kier alpha value is -2.64. The molecule has 0 bridgehead atoms. The first-order valence-corrected chi connectivity index (χ1v) is 9.52. The van der Waals surface area contributed by atoms with Crippen LogP contribution in [0.3, 0.4) is 0 Å². The van der Waals surface area contributed by atoms with Crippen LogP contribution < -0.4 is 10.3 Å². The van der Waals surface area contributed by atoms with Crippen molar-refractivity contribution in [2.45, 2.75) is 4.21 Å². The first-order valence-electron chi connectivity index (χ1n) is 7.16. The largest absolute Gasteiger partial charge is 0.321 e. The third kappa shape index (κ3) is 2.47. The fourth-order valence-electron chi connectivity index (χ4n) is 2.67. The Labute approximate surface area is 141 Å². The lowest BCUT2D eigenvalue weighted by molar-refractivity contribution is 0.603. The average Bonchev–Trinajstić information content (AvgIpc) is 3.11. The molecule has 120 valence electrons. The third-order valence-corrected chi connectivity index (χ3v) is 6.52. The zero-order valence-corrected chi connectivity index (χ0v) is 13.9. The summed E-state index contributed by atoms with van der Waals surface area (Å²) in [6.45, 7) is 0. The van der Waals surface area contributed by atoms with Crippen molar-refractivity contribution in [2.75, 3.05) is 4.72 Å². The molecule has 0 fully saturated rings. The topological polar surface area (TPSA) is 79.0 Å². The maximum atomic E-state index is 12.4. The normalized spacial score (nSPS) is 11.8. The second-order valence-corrected chi connectivity index (χ2v) is 8.15. The van der Waals surface area contributed by atoms with Crippen LogP contribution in [0.5, 0.6) is 0 Å². The van der Waals surface area contributed by atoms with Crippen LogP contribution in [0.4, 0.5) is 5.69 Å². The van der Waals surface area contributed by atoms with Gasteiger partial charge in [-0.15, -0.1) is 11.3 Å². The smallest absolute Gasteiger partial charge is 0.271 e. The van der Waals surface area contributed by atoms with E-state index in [1.54, 1.807) is 47.8 Å². The van der Waals surface area contributed by atoms with Gasteiger partial charge in [-0.1, -0.05) is 24.3 Å². The summed E-state index contributed by atoms with van der Waals surface area (Å²) in [5, 5.41) is 3.86. The van der Waals surface area contributed by atoms with Crippen LogP contribution >= 0.6 is 11.3 Å². The Balaban J connectivity index is 1.88. The monoisotopic (exact) mass is 356 g/mol. The van der Waals surface area contributed by atoms with Crippen molar-refractivity contribution in [1.29, 1.82) is 0 Å². The first kappa shape index (κ1) is 14.9. The highest BCUT2D eigenvalue weighted by molar-refractivity contribution is 7.94. The van der Waals surface area contributed by atoms with Crippen LogP contribution in [0.2, 0.25) is 0 Å². The zero-order valence-electron chi connectivity index (χ0n) is 12.3. The van der Waals surface area contributed by atoms with Gasteiger partial charge in [0.2, 0.25) is 0 Å². The van der Waals surface area contributed by atoms with Gasteiger partial charge in [-0.25, -0.2) is 8.42 Å². The van der Waals surface area contributed by atoms with Crippen LogP contribution in [-0.2, 0) is 10.0 Å². The molecule has 0 aliphatic rings. The van der Waals surface area contributed by atoms with Gasteiger partial charge in [-0.3, -0.25) is 9.52 Å². The number of anilines is 1. The van der Waals surface area contributed by atoms with E-state index in [2.05, 4.69) is 9.71 Å². The van der Waals surface area contributed by atoms with Crippen molar-refractivity contribution in [2.24, 2.45) is 0 Å². The first-order chi connectivity index (χ1) is 11.5. The van der Waals surface area contributed by atoms with Crippen molar-refractivity contribution in [3.63, 3.8) is 0 Å². The Bertz CT molecular complexity index is 1210. The SMILES string of the molecule is O=c1[nH]c2ccc(NS(=O)(=O)c3cccs3)cc2c2ccccc12. The molecule has 0 radical (unpaired) electrons. The van der Waals surface area contributed by atoms with E-state index >= 15 is 0 Å². The van der Waals surface area contributed by atoms with E-state index in [4.69, 9.17) is 0 Å². The second-order valence-electron chi connectivity index (χ2n) is 5.30. The minimum absolute atomic E-state index is 0.162. The standard InChI is InChI=1S/C17H12N2O3S2/c20-17-13-5-2-1-4-12(13)14-10-11(7-8-15(14)18-17)19-24(21,22)16-6-3-9-23-16/h1-10,19H,(H,18,20). The van der Waals surface area contributed by atoms with Gasteiger partial charge in [-0.2, -0.15) is 0 Å². The summed E-state index contributed by atoms with van der Waals surface area (Å²) in [4.78, 5) is 14.9. The van der Waals surface area contributed by atoms with E-state index in [0.29, 0.717) is 16.6 Å².